The van der Waals surface area contributed by atoms with E-state index in [0.717, 1.165) is 12.8 Å². The smallest absolute Gasteiger partial charge is 0.251 e. The normalized spacial score (nSPS) is 10.4. The fourth-order valence-corrected chi connectivity index (χ4v) is 1.93. The van der Waals surface area contributed by atoms with Crippen LogP contribution in [0, 0.1) is 0 Å². The number of anilines is 1. The molecule has 5 heteroatoms. The molecule has 0 fully saturated rings. The summed E-state index contributed by atoms with van der Waals surface area (Å²) in [5, 5.41) is 3.42. The Hall–Kier alpha value is -0.930. The average molecular weight is 289 g/mol. The summed E-state index contributed by atoms with van der Waals surface area (Å²) in [6.45, 7) is 2.82. The molecule has 0 bridgehead atoms. The molecule has 1 aromatic carbocycles. The van der Waals surface area contributed by atoms with Crippen molar-refractivity contribution in [2.75, 3.05) is 12.3 Å². The Bertz CT molecular complexity index is 398. The molecule has 0 heterocycles. The Morgan fingerprint density at radius 1 is 1.28 bits per heavy atom. The van der Waals surface area contributed by atoms with Gasteiger partial charge in [0.1, 0.15) is 0 Å². The second-order valence-electron chi connectivity index (χ2n) is 4.18. The summed E-state index contributed by atoms with van der Waals surface area (Å²) in [5.41, 5.74) is 6.42. The number of nitrogens with two attached hydrogens (primary N) is 1. The van der Waals surface area contributed by atoms with E-state index in [0.29, 0.717) is 22.8 Å². The maximum absolute atomic E-state index is 11.8. The minimum Gasteiger partial charge on any atom is -0.397 e. The number of nitrogen functional groups attached to an aromatic ring is 1. The van der Waals surface area contributed by atoms with E-state index >= 15 is 0 Å². The third kappa shape index (κ3) is 4.39. The predicted octanol–water partition coefficient (Wildman–Crippen LogP) is 3.89. The van der Waals surface area contributed by atoms with E-state index in [1.165, 1.54) is 25.0 Å². The summed E-state index contributed by atoms with van der Waals surface area (Å²) in [5.74, 6) is -0.170. The molecule has 1 aromatic rings. The lowest BCUT2D eigenvalue weighted by atomic mass is 10.1. The summed E-state index contributed by atoms with van der Waals surface area (Å²) < 4.78 is 0. The van der Waals surface area contributed by atoms with E-state index in [1.54, 1.807) is 0 Å². The number of unbranched alkanes of at least 4 members (excludes halogenated alkanes) is 3. The Balaban J connectivity index is 2.52. The first-order valence-corrected chi connectivity index (χ1v) is 6.84. The predicted molar refractivity (Wildman–Crippen MR) is 77.3 cm³/mol. The highest BCUT2D eigenvalue weighted by Gasteiger charge is 2.10. The van der Waals surface area contributed by atoms with E-state index in [2.05, 4.69) is 12.2 Å². The highest BCUT2D eigenvalue weighted by atomic mass is 35.5. The van der Waals surface area contributed by atoms with Gasteiger partial charge in [0.05, 0.1) is 15.7 Å². The Morgan fingerprint density at radius 3 is 2.61 bits per heavy atom. The summed E-state index contributed by atoms with van der Waals surface area (Å²) in [6, 6.07) is 3.07. The van der Waals surface area contributed by atoms with Gasteiger partial charge in [-0.2, -0.15) is 0 Å². The number of rotatable bonds is 6. The number of hydrogen-bond acceptors (Lipinski definition) is 2. The zero-order valence-electron chi connectivity index (χ0n) is 10.4. The standard InChI is InChI=1S/C13H18Cl2N2O/c1-2-3-4-5-6-17-13(18)9-7-10(14)12(15)11(16)8-9/h7-8H,2-6,16H2,1H3,(H,17,18). The Morgan fingerprint density at radius 2 is 2.00 bits per heavy atom. The molecule has 0 aliphatic heterocycles. The number of hydrogen-bond donors (Lipinski definition) is 2. The third-order valence-corrected chi connectivity index (χ3v) is 3.45. The molecular weight excluding hydrogens is 271 g/mol. The van der Waals surface area contributed by atoms with Gasteiger partial charge in [0.25, 0.3) is 5.91 Å². The molecular formula is C13H18Cl2N2O. The molecule has 0 aliphatic carbocycles. The molecule has 18 heavy (non-hydrogen) atoms. The first kappa shape index (κ1) is 15.1. The molecule has 0 atom stereocenters. The van der Waals surface area contributed by atoms with E-state index in [-0.39, 0.29) is 10.9 Å². The molecule has 0 unspecified atom stereocenters. The Kier molecular flexibility index (Phi) is 6.30. The zero-order chi connectivity index (χ0) is 13.5. The molecule has 0 spiro atoms. The molecule has 100 valence electrons. The number of amides is 1. The van der Waals surface area contributed by atoms with Gasteiger partial charge < -0.3 is 11.1 Å². The van der Waals surface area contributed by atoms with Crippen LogP contribution in [0.4, 0.5) is 5.69 Å². The largest absolute Gasteiger partial charge is 0.397 e. The van der Waals surface area contributed by atoms with Crippen molar-refractivity contribution >= 4 is 34.8 Å². The van der Waals surface area contributed by atoms with Gasteiger partial charge in [-0.1, -0.05) is 49.4 Å². The van der Waals surface area contributed by atoms with Crippen LogP contribution in [-0.4, -0.2) is 12.5 Å². The highest BCUT2D eigenvalue weighted by molar-refractivity contribution is 6.43. The minimum atomic E-state index is -0.170. The highest BCUT2D eigenvalue weighted by Crippen LogP contribution is 2.29. The summed E-state index contributed by atoms with van der Waals surface area (Å²) >= 11 is 11.7. The van der Waals surface area contributed by atoms with Gasteiger partial charge in [0.2, 0.25) is 0 Å². The van der Waals surface area contributed by atoms with E-state index < -0.39 is 0 Å². The van der Waals surface area contributed by atoms with Crippen LogP contribution in [0.3, 0.4) is 0 Å². The van der Waals surface area contributed by atoms with E-state index in [9.17, 15) is 4.79 Å². The van der Waals surface area contributed by atoms with Gasteiger partial charge in [-0.25, -0.2) is 0 Å². The maximum atomic E-state index is 11.8. The monoisotopic (exact) mass is 288 g/mol. The van der Waals surface area contributed by atoms with Gasteiger partial charge in [-0.15, -0.1) is 0 Å². The van der Waals surface area contributed by atoms with Crippen LogP contribution in [0.1, 0.15) is 43.0 Å². The molecule has 3 N–H and O–H groups in total. The molecule has 3 nitrogen and oxygen atoms in total. The zero-order valence-corrected chi connectivity index (χ0v) is 11.9. The van der Waals surface area contributed by atoms with Crippen molar-refractivity contribution in [2.45, 2.75) is 32.6 Å². The summed E-state index contributed by atoms with van der Waals surface area (Å²) in [7, 11) is 0. The third-order valence-electron chi connectivity index (χ3n) is 2.63. The van der Waals surface area contributed by atoms with Crippen molar-refractivity contribution in [3.63, 3.8) is 0 Å². The lowest BCUT2D eigenvalue weighted by Crippen LogP contribution is -2.24. The maximum Gasteiger partial charge on any atom is 0.251 e. The second kappa shape index (κ2) is 7.49. The van der Waals surface area contributed by atoms with Crippen LogP contribution < -0.4 is 11.1 Å². The first-order valence-electron chi connectivity index (χ1n) is 6.09. The van der Waals surface area contributed by atoms with Crippen molar-refractivity contribution in [2.24, 2.45) is 0 Å². The topological polar surface area (TPSA) is 55.1 Å². The van der Waals surface area contributed by atoms with Crippen LogP contribution in [0.25, 0.3) is 0 Å². The van der Waals surface area contributed by atoms with E-state index in [4.69, 9.17) is 28.9 Å². The number of carbonyl (C=O) groups excluding carboxylic acids is 1. The average Bonchev–Trinajstić information content (AvgIpc) is 2.34. The molecule has 1 rings (SSSR count). The van der Waals surface area contributed by atoms with Crippen LogP contribution in [-0.2, 0) is 0 Å². The number of carbonyl (C=O) groups is 1. The van der Waals surface area contributed by atoms with Crippen molar-refractivity contribution in [3.05, 3.63) is 27.7 Å². The number of benzene rings is 1. The fourth-order valence-electron chi connectivity index (χ4n) is 1.60. The van der Waals surface area contributed by atoms with Crippen LogP contribution in [0.2, 0.25) is 10.0 Å². The molecule has 0 radical (unpaired) electrons. The second-order valence-corrected chi connectivity index (χ2v) is 4.96. The number of halogens is 2. The molecule has 1 amide bonds. The van der Waals surface area contributed by atoms with Gasteiger partial charge in [0, 0.05) is 12.1 Å². The summed E-state index contributed by atoms with van der Waals surface area (Å²) in [4.78, 5) is 11.8. The van der Waals surface area contributed by atoms with Crippen LogP contribution in [0.15, 0.2) is 12.1 Å². The van der Waals surface area contributed by atoms with Gasteiger partial charge in [-0.05, 0) is 18.6 Å². The van der Waals surface area contributed by atoms with Gasteiger partial charge in [0.15, 0.2) is 0 Å². The molecule has 0 aromatic heterocycles. The van der Waals surface area contributed by atoms with E-state index in [1.807, 2.05) is 0 Å². The van der Waals surface area contributed by atoms with Crippen molar-refractivity contribution in [1.82, 2.24) is 5.32 Å². The lowest BCUT2D eigenvalue weighted by Gasteiger charge is -2.07. The van der Waals surface area contributed by atoms with Crippen LogP contribution in [0.5, 0.6) is 0 Å². The molecule has 0 aliphatic rings. The Labute approximate surface area is 118 Å². The summed E-state index contributed by atoms with van der Waals surface area (Å²) in [6.07, 6.45) is 4.48. The minimum absolute atomic E-state index is 0.170. The quantitative estimate of drug-likeness (QED) is 0.616. The molecule has 0 saturated carbocycles. The van der Waals surface area contributed by atoms with Crippen molar-refractivity contribution < 1.29 is 4.79 Å². The fraction of sp³-hybridized carbons (Fsp3) is 0.462. The number of nitrogens with one attached hydrogen (secondary N) is 1. The first-order chi connectivity index (χ1) is 8.56. The van der Waals surface area contributed by atoms with Gasteiger partial charge in [-0.3, -0.25) is 4.79 Å². The van der Waals surface area contributed by atoms with Crippen molar-refractivity contribution in [3.8, 4) is 0 Å². The lowest BCUT2D eigenvalue weighted by molar-refractivity contribution is 0.0953. The SMILES string of the molecule is CCCCCCNC(=O)c1cc(N)c(Cl)c(Cl)c1. The van der Waals surface area contributed by atoms with Crippen LogP contribution >= 0.6 is 23.2 Å². The molecule has 0 saturated heterocycles. The van der Waals surface area contributed by atoms with Gasteiger partial charge >= 0.3 is 0 Å². The van der Waals surface area contributed by atoms with Crippen molar-refractivity contribution in [1.29, 1.82) is 0 Å².